The highest BCUT2D eigenvalue weighted by Crippen LogP contribution is 2.22. The molecule has 0 bridgehead atoms. The van der Waals surface area contributed by atoms with E-state index in [-0.39, 0.29) is 0 Å². The van der Waals surface area contributed by atoms with E-state index in [1.165, 1.54) is 4.88 Å². The summed E-state index contributed by atoms with van der Waals surface area (Å²) < 4.78 is 5.08. The number of thiazole rings is 1. The number of aromatic nitrogens is 1. The monoisotopic (exact) mass is 279 g/mol. The maximum Gasteiger partial charge on any atom is 0.185 e. The number of hydrogen-bond acceptors (Lipinski definition) is 5. The SMILES string of the molecule is CC(C)CNCc1cnc(N(C)Cc2ccoc2)s1. The minimum absolute atomic E-state index is 0.677. The molecule has 2 rings (SSSR count). The molecule has 2 heterocycles. The van der Waals surface area contributed by atoms with Crippen molar-refractivity contribution in [2.45, 2.75) is 26.9 Å². The molecule has 0 spiro atoms. The highest BCUT2D eigenvalue weighted by atomic mass is 32.1. The van der Waals surface area contributed by atoms with Gasteiger partial charge in [0, 0.05) is 36.8 Å². The molecular weight excluding hydrogens is 258 g/mol. The lowest BCUT2D eigenvalue weighted by atomic mass is 10.2. The minimum atomic E-state index is 0.677. The summed E-state index contributed by atoms with van der Waals surface area (Å²) in [5, 5.41) is 4.48. The Morgan fingerprint density at radius 3 is 3.00 bits per heavy atom. The van der Waals surface area contributed by atoms with Crippen LogP contribution in [0.25, 0.3) is 0 Å². The second kappa shape index (κ2) is 6.73. The van der Waals surface area contributed by atoms with Crippen LogP contribution in [0.3, 0.4) is 0 Å². The molecule has 2 aromatic heterocycles. The van der Waals surface area contributed by atoms with E-state index in [2.05, 4.69) is 36.1 Å². The Morgan fingerprint density at radius 1 is 1.47 bits per heavy atom. The third-order valence-corrected chi connectivity index (χ3v) is 3.83. The first kappa shape index (κ1) is 14.1. The van der Waals surface area contributed by atoms with Gasteiger partial charge in [-0.15, -0.1) is 11.3 Å². The Kier molecular flexibility index (Phi) is 4.99. The molecule has 0 unspecified atom stereocenters. The summed E-state index contributed by atoms with van der Waals surface area (Å²) in [5.41, 5.74) is 1.16. The number of nitrogens with one attached hydrogen (secondary N) is 1. The molecule has 0 atom stereocenters. The molecule has 0 fully saturated rings. The third kappa shape index (κ3) is 4.36. The molecule has 0 amide bonds. The maximum atomic E-state index is 5.08. The van der Waals surface area contributed by atoms with E-state index in [0.29, 0.717) is 5.92 Å². The summed E-state index contributed by atoms with van der Waals surface area (Å²) in [6.45, 7) is 7.18. The van der Waals surface area contributed by atoms with Gasteiger partial charge in [-0.1, -0.05) is 13.8 Å². The van der Waals surface area contributed by atoms with Crippen molar-refractivity contribution in [2.75, 3.05) is 18.5 Å². The zero-order valence-electron chi connectivity index (χ0n) is 11.7. The highest BCUT2D eigenvalue weighted by molar-refractivity contribution is 7.15. The average molecular weight is 279 g/mol. The van der Waals surface area contributed by atoms with Crippen molar-refractivity contribution < 1.29 is 4.42 Å². The lowest BCUT2D eigenvalue weighted by Gasteiger charge is -2.13. The molecule has 0 aromatic carbocycles. The lowest BCUT2D eigenvalue weighted by Crippen LogP contribution is -2.18. The Hall–Kier alpha value is -1.33. The predicted octanol–water partition coefficient (Wildman–Crippen LogP) is 3.12. The van der Waals surface area contributed by atoms with E-state index in [4.69, 9.17) is 4.42 Å². The van der Waals surface area contributed by atoms with Gasteiger partial charge in [-0.3, -0.25) is 0 Å². The van der Waals surface area contributed by atoms with Crippen LogP contribution >= 0.6 is 11.3 Å². The molecule has 0 saturated heterocycles. The van der Waals surface area contributed by atoms with Crippen molar-refractivity contribution >= 4 is 16.5 Å². The zero-order valence-corrected chi connectivity index (χ0v) is 12.5. The molecule has 0 radical (unpaired) electrons. The maximum absolute atomic E-state index is 5.08. The van der Waals surface area contributed by atoms with Crippen LogP contribution in [0.1, 0.15) is 24.3 Å². The molecule has 5 heteroatoms. The van der Waals surface area contributed by atoms with Gasteiger partial charge < -0.3 is 14.6 Å². The molecule has 0 aliphatic heterocycles. The first-order valence-corrected chi connectivity index (χ1v) is 7.34. The van der Waals surface area contributed by atoms with Crippen LogP contribution in [0, 0.1) is 5.92 Å². The van der Waals surface area contributed by atoms with Crippen LogP contribution in [0.2, 0.25) is 0 Å². The third-order valence-electron chi connectivity index (χ3n) is 2.72. The van der Waals surface area contributed by atoms with Gasteiger partial charge in [-0.25, -0.2) is 4.98 Å². The van der Waals surface area contributed by atoms with Crippen molar-refractivity contribution in [1.29, 1.82) is 0 Å². The fourth-order valence-corrected chi connectivity index (χ4v) is 2.60. The Labute approximate surface area is 118 Å². The standard InChI is InChI=1S/C14H21N3OS/c1-11(2)6-15-7-13-8-16-14(19-13)17(3)9-12-4-5-18-10-12/h4-5,8,10-11,15H,6-7,9H2,1-3H3. The molecule has 19 heavy (non-hydrogen) atoms. The van der Waals surface area contributed by atoms with E-state index < -0.39 is 0 Å². The summed E-state index contributed by atoms with van der Waals surface area (Å²) in [6.07, 6.45) is 5.43. The predicted molar refractivity (Wildman–Crippen MR) is 79.5 cm³/mol. The van der Waals surface area contributed by atoms with Crippen LogP contribution in [-0.2, 0) is 13.1 Å². The summed E-state index contributed by atoms with van der Waals surface area (Å²) in [7, 11) is 2.05. The van der Waals surface area contributed by atoms with Crippen molar-refractivity contribution in [1.82, 2.24) is 10.3 Å². The van der Waals surface area contributed by atoms with E-state index >= 15 is 0 Å². The van der Waals surface area contributed by atoms with Crippen LogP contribution in [-0.4, -0.2) is 18.6 Å². The fraction of sp³-hybridized carbons (Fsp3) is 0.500. The fourth-order valence-electron chi connectivity index (χ4n) is 1.76. The zero-order chi connectivity index (χ0) is 13.7. The van der Waals surface area contributed by atoms with Gasteiger partial charge in [0.15, 0.2) is 5.13 Å². The largest absolute Gasteiger partial charge is 0.472 e. The highest BCUT2D eigenvalue weighted by Gasteiger charge is 2.08. The first-order chi connectivity index (χ1) is 9.15. The normalized spacial score (nSPS) is 11.2. The van der Waals surface area contributed by atoms with E-state index in [1.54, 1.807) is 23.9 Å². The first-order valence-electron chi connectivity index (χ1n) is 6.53. The van der Waals surface area contributed by atoms with Gasteiger partial charge in [0.2, 0.25) is 0 Å². The lowest BCUT2D eigenvalue weighted by molar-refractivity contribution is 0.554. The molecule has 1 N–H and O–H groups in total. The second-order valence-corrected chi connectivity index (χ2v) is 6.22. The summed E-state index contributed by atoms with van der Waals surface area (Å²) in [5.74, 6) is 0.677. The minimum Gasteiger partial charge on any atom is -0.472 e. The molecular formula is C14H21N3OS. The van der Waals surface area contributed by atoms with Crippen LogP contribution in [0.5, 0.6) is 0 Å². The molecule has 4 nitrogen and oxygen atoms in total. The second-order valence-electron chi connectivity index (χ2n) is 5.12. The molecule has 0 aliphatic rings. The van der Waals surface area contributed by atoms with Crippen molar-refractivity contribution in [3.63, 3.8) is 0 Å². The number of furan rings is 1. The molecule has 0 saturated carbocycles. The molecule has 0 aliphatic carbocycles. The van der Waals surface area contributed by atoms with Crippen LogP contribution < -0.4 is 10.2 Å². The number of anilines is 1. The van der Waals surface area contributed by atoms with Gasteiger partial charge in [-0.2, -0.15) is 0 Å². The van der Waals surface area contributed by atoms with E-state index in [1.807, 2.05) is 12.3 Å². The summed E-state index contributed by atoms with van der Waals surface area (Å²) >= 11 is 1.74. The summed E-state index contributed by atoms with van der Waals surface area (Å²) in [6, 6.07) is 1.98. The van der Waals surface area contributed by atoms with Gasteiger partial charge in [0.1, 0.15) is 0 Å². The van der Waals surface area contributed by atoms with E-state index in [0.717, 1.165) is 30.3 Å². The van der Waals surface area contributed by atoms with Crippen LogP contribution in [0.15, 0.2) is 29.2 Å². The quantitative estimate of drug-likeness (QED) is 0.845. The number of hydrogen-bond donors (Lipinski definition) is 1. The van der Waals surface area contributed by atoms with Crippen LogP contribution in [0.4, 0.5) is 5.13 Å². The van der Waals surface area contributed by atoms with Gasteiger partial charge in [-0.05, 0) is 18.5 Å². The Morgan fingerprint density at radius 2 is 2.32 bits per heavy atom. The average Bonchev–Trinajstić information content (AvgIpc) is 2.99. The smallest absolute Gasteiger partial charge is 0.185 e. The summed E-state index contributed by atoms with van der Waals surface area (Å²) in [4.78, 5) is 7.88. The van der Waals surface area contributed by atoms with Gasteiger partial charge in [0.05, 0.1) is 12.5 Å². The van der Waals surface area contributed by atoms with Gasteiger partial charge in [0.25, 0.3) is 0 Å². The Bertz CT molecular complexity index is 479. The van der Waals surface area contributed by atoms with Crippen molar-refractivity contribution in [3.8, 4) is 0 Å². The Balaban J connectivity index is 1.85. The van der Waals surface area contributed by atoms with E-state index in [9.17, 15) is 0 Å². The van der Waals surface area contributed by atoms with Crippen molar-refractivity contribution in [2.24, 2.45) is 5.92 Å². The van der Waals surface area contributed by atoms with Gasteiger partial charge >= 0.3 is 0 Å². The molecule has 2 aromatic rings. The van der Waals surface area contributed by atoms with Crippen molar-refractivity contribution in [3.05, 3.63) is 35.2 Å². The topological polar surface area (TPSA) is 41.3 Å². The molecule has 104 valence electrons. The number of rotatable bonds is 7. The number of nitrogens with zero attached hydrogens (tertiary/aromatic N) is 2.